The molecule has 0 atom stereocenters. The van der Waals surface area contributed by atoms with E-state index in [9.17, 15) is 13.6 Å². The van der Waals surface area contributed by atoms with Crippen LogP contribution in [0.3, 0.4) is 0 Å². The number of fused-ring (bicyclic) bond motifs is 1. The number of hydrogen-bond donors (Lipinski definition) is 2. The minimum Gasteiger partial charge on any atom is -0.357 e. The van der Waals surface area contributed by atoms with E-state index in [1.165, 1.54) is 28.9 Å². The van der Waals surface area contributed by atoms with E-state index in [2.05, 4.69) is 30.7 Å². The summed E-state index contributed by atoms with van der Waals surface area (Å²) < 4.78 is 29.5. The summed E-state index contributed by atoms with van der Waals surface area (Å²) >= 11 is 0. The van der Waals surface area contributed by atoms with Crippen molar-refractivity contribution >= 4 is 28.6 Å². The van der Waals surface area contributed by atoms with Crippen LogP contribution in [-0.2, 0) is 0 Å². The topological polar surface area (TPSA) is 97.6 Å². The number of pyridine rings is 1. The normalized spacial score (nSPS) is 11.0. The predicted molar refractivity (Wildman–Crippen MR) is 133 cm³/mol. The molecule has 180 valence electrons. The Labute approximate surface area is 205 Å². The summed E-state index contributed by atoms with van der Waals surface area (Å²) in [4.78, 5) is 26.0. The molecule has 0 saturated carbocycles. The first-order valence-corrected chi connectivity index (χ1v) is 11.1. The lowest BCUT2D eigenvalue weighted by molar-refractivity contribution is 0.102. The second-order valence-corrected chi connectivity index (χ2v) is 8.20. The second kappa shape index (κ2) is 9.14. The number of nitrogens with zero attached hydrogens (tertiary/aromatic N) is 5. The van der Waals surface area contributed by atoms with Gasteiger partial charge in [0.05, 0.1) is 11.4 Å². The Balaban J connectivity index is 1.46. The predicted octanol–water partition coefficient (Wildman–Crippen LogP) is 5.07. The van der Waals surface area contributed by atoms with Crippen molar-refractivity contribution in [1.29, 1.82) is 0 Å². The van der Waals surface area contributed by atoms with Crippen molar-refractivity contribution in [3.8, 4) is 16.8 Å². The van der Waals surface area contributed by atoms with Crippen LogP contribution in [0.15, 0.2) is 60.9 Å². The van der Waals surface area contributed by atoms with Crippen LogP contribution in [0.25, 0.3) is 27.8 Å². The molecule has 2 N–H and O–H groups in total. The maximum absolute atomic E-state index is 14.8. The first kappa shape index (κ1) is 23.0. The van der Waals surface area contributed by atoms with Gasteiger partial charge in [-0.2, -0.15) is 10.1 Å². The third kappa shape index (κ3) is 4.36. The van der Waals surface area contributed by atoms with Gasteiger partial charge in [-0.15, -0.1) is 0 Å². The molecule has 3 aromatic heterocycles. The average Bonchev–Trinajstić information content (AvgIpc) is 3.36. The van der Waals surface area contributed by atoms with Crippen molar-refractivity contribution in [2.45, 2.75) is 13.8 Å². The van der Waals surface area contributed by atoms with Gasteiger partial charge in [-0.25, -0.2) is 23.4 Å². The van der Waals surface area contributed by atoms with Gasteiger partial charge >= 0.3 is 0 Å². The lowest BCUT2D eigenvalue weighted by Gasteiger charge is -2.14. The van der Waals surface area contributed by atoms with E-state index in [0.717, 1.165) is 10.9 Å². The van der Waals surface area contributed by atoms with Gasteiger partial charge < -0.3 is 10.6 Å². The van der Waals surface area contributed by atoms with Crippen LogP contribution in [0.2, 0.25) is 0 Å². The molecule has 10 heteroatoms. The fourth-order valence-electron chi connectivity index (χ4n) is 3.87. The Hall–Kier alpha value is -4.73. The zero-order valence-electron chi connectivity index (χ0n) is 19.7. The van der Waals surface area contributed by atoms with Crippen LogP contribution in [-0.4, -0.2) is 37.7 Å². The van der Waals surface area contributed by atoms with Crippen molar-refractivity contribution in [3.63, 3.8) is 0 Å². The summed E-state index contributed by atoms with van der Waals surface area (Å²) in [6, 6.07) is 12.0. The number of benzene rings is 2. The summed E-state index contributed by atoms with van der Waals surface area (Å²) in [5.41, 5.74) is 4.10. The molecule has 0 fully saturated rings. The Kier molecular flexibility index (Phi) is 5.85. The number of halogens is 2. The van der Waals surface area contributed by atoms with Crippen molar-refractivity contribution in [3.05, 3.63) is 89.5 Å². The molecule has 0 unspecified atom stereocenters. The third-order valence-electron chi connectivity index (χ3n) is 5.75. The molecule has 0 bridgehead atoms. The van der Waals surface area contributed by atoms with Crippen LogP contribution < -0.4 is 10.6 Å². The Morgan fingerprint density at radius 2 is 1.75 bits per heavy atom. The smallest absolute Gasteiger partial charge is 0.276 e. The molecule has 0 saturated heterocycles. The largest absolute Gasteiger partial charge is 0.357 e. The highest BCUT2D eigenvalue weighted by Gasteiger charge is 2.17. The summed E-state index contributed by atoms with van der Waals surface area (Å²) in [6.07, 6.45) is 3.24. The summed E-state index contributed by atoms with van der Waals surface area (Å²) in [6.45, 7) is 3.64. The van der Waals surface area contributed by atoms with Gasteiger partial charge in [0.15, 0.2) is 11.3 Å². The zero-order chi connectivity index (χ0) is 25.4. The summed E-state index contributed by atoms with van der Waals surface area (Å²) in [5.74, 6) is -1.06. The third-order valence-corrected chi connectivity index (χ3v) is 5.75. The monoisotopic (exact) mass is 485 g/mol. The van der Waals surface area contributed by atoms with Gasteiger partial charge in [-0.3, -0.25) is 4.79 Å². The first-order chi connectivity index (χ1) is 17.3. The molecule has 0 radical (unpaired) electrons. The van der Waals surface area contributed by atoms with E-state index in [4.69, 9.17) is 0 Å². The van der Waals surface area contributed by atoms with E-state index in [0.29, 0.717) is 34.1 Å². The van der Waals surface area contributed by atoms with Crippen molar-refractivity contribution in [2.24, 2.45) is 0 Å². The number of rotatable bonds is 5. The SMILES string of the molecule is CNc1ncc2cc(-c3cc(NC(=O)c4ccn(-c5ccc(F)cc5)n4)c(F)cc3C)c(C)nc2n1. The van der Waals surface area contributed by atoms with Gasteiger partial charge in [0.2, 0.25) is 5.95 Å². The van der Waals surface area contributed by atoms with Gasteiger partial charge in [0.25, 0.3) is 5.91 Å². The van der Waals surface area contributed by atoms with E-state index < -0.39 is 11.7 Å². The quantitative estimate of drug-likeness (QED) is 0.361. The van der Waals surface area contributed by atoms with Crippen LogP contribution >= 0.6 is 0 Å². The molecular formula is C26H21F2N7O. The molecule has 0 aliphatic rings. The molecule has 0 aliphatic heterocycles. The number of hydrogen-bond acceptors (Lipinski definition) is 6. The fourth-order valence-corrected chi connectivity index (χ4v) is 3.87. The van der Waals surface area contributed by atoms with Gasteiger partial charge in [0.1, 0.15) is 11.6 Å². The molecule has 0 aliphatic carbocycles. The van der Waals surface area contributed by atoms with Crippen molar-refractivity contribution in [2.75, 3.05) is 17.7 Å². The molecule has 8 nitrogen and oxygen atoms in total. The number of nitrogens with one attached hydrogen (secondary N) is 2. The standard InChI is InChI=1S/C26H21F2N7O/c1-14-10-21(28)23(32-25(36)22-8-9-35(34-22)18-6-4-17(27)5-7-18)12-19(14)20-11-16-13-30-26(29-3)33-24(16)31-15(20)2/h4-13H,1-3H3,(H,32,36)(H,29,30,31,33). The molecule has 36 heavy (non-hydrogen) atoms. The second-order valence-electron chi connectivity index (χ2n) is 8.20. The maximum Gasteiger partial charge on any atom is 0.276 e. The minimum absolute atomic E-state index is 0.0122. The number of aryl methyl sites for hydroxylation is 2. The van der Waals surface area contributed by atoms with Gasteiger partial charge in [-0.1, -0.05) is 0 Å². The van der Waals surface area contributed by atoms with Gasteiger partial charge in [0, 0.05) is 36.1 Å². The Bertz CT molecular complexity index is 1610. The molecular weight excluding hydrogens is 464 g/mol. The van der Waals surface area contributed by atoms with Crippen LogP contribution in [0.1, 0.15) is 21.7 Å². The number of carbonyl (C=O) groups is 1. The molecule has 1 amide bonds. The highest BCUT2D eigenvalue weighted by molar-refractivity contribution is 6.03. The first-order valence-electron chi connectivity index (χ1n) is 11.1. The molecule has 2 aromatic carbocycles. The van der Waals surface area contributed by atoms with Crippen LogP contribution in [0.4, 0.5) is 20.4 Å². The molecule has 3 heterocycles. The molecule has 0 spiro atoms. The van der Waals surface area contributed by atoms with Gasteiger partial charge in [-0.05, 0) is 73.5 Å². The van der Waals surface area contributed by atoms with Crippen LogP contribution in [0.5, 0.6) is 0 Å². The highest BCUT2D eigenvalue weighted by Crippen LogP contribution is 2.32. The van der Waals surface area contributed by atoms with E-state index >= 15 is 0 Å². The number of anilines is 2. The number of amides is 1. The lowest BCUT2D eigenvalue weighted by Crippen LogP contribution is -2.14. The lowest BCUT2D eigenvalue weighted by atomic mass is 9.97. The summed E-state index contributed by atoms with van der Waals surface area (Å²) in [5, 5.41) is 10.5. The zero-order valence-corrected chi connectivity index (χ0v) is 19.7. The van der Waals surface area contributed by atoms with Crippen LogP contribution in [0, 0.1) is 25.5 Å². The summed E-state index contributed by atoms with van der Waals surface area (Å²) in [7, 11) is 1.73. The van der Waals surface area contributed by atoms with E-state index in [1.807, 2.05) is 13.0 Å². The number of carbonyl (C=O) groups excluding carboxylic acids is 1. The van der Waals surface area contributed by atoms with E-state index in [1.54, 1.807) is 44.6 Å². The highest BCUT2D eigenvalue weighted by atomic mass is 19.1. The Morgan fingerprint density at radius 1 is 0.972 bits per heavy atom. The minimum atomic E-state index is -0.578. The fraction of sp³-hybridized carbons (Fsp3) is 0.115. The molecule has 5 rings (SSSR count). The number of aromatic nitrogens is 5. The molecule has 5 aromatic rings. The van der Waals surface area contributed by atoms with Crippen molar-refractivity contribution in [1.82, 2.24) is 24.7 Å². The maximum atomic E-state index is 14.8. The average molecular weight is 485 g/mol. The van der Waals surface area contributed by atoms with Crippen molar-refractivity contribution < 1.29 is 13.6 Å². The van der Waals surface area contributed by atoms with E-state index in [-0.39, 0.29) is 17.2 Å². The Morgan fingerprint density at radius 3 is 2.50 bits per heavy atom.